The van der Waals surface area contributed by atoms with Gasteiger partial charge in [-0.15, -0.1) is 0 Å². The lowest BCUT2D eigenvalue weighted by Gasteiger charge is -2.09. The number of carbonyl (C=O) groups is 3. The van der Waals surface area contributed by atoms with Crippen molar-refractivity contribution in [2.75, 3.05) is 5.32 Å². The van der Waals surface area contributed by atoms with E-state index < -0.39 is 11.9 Å². The molecule has 0 radical (unpaired) electrons. The van der Waals surface area contributed by atoms with Crippen molar-refractivity contribution in [3.63, 3.8) is 0 Å². The van der Waals surface area contributed by atoms with E-state index in [1.54, 1.807) is 12.1 Å². The van der Waals surface area contributed by atoms with Crippen LogP contribution in [-0.2, 0) is 9.53 Å². The molecule has 25 heavy (non-hydrogen) atoms. The van der Waals surface area contributed by atoms with Gasteiger partial charge in [0.1, 0.15) is 0 Å². The van der Waals surface area contributed by atoms with Crippen molar-refractivity contribution in [1.82, 2.24) is 0 Å². The predicted octanol–water partition coefficient (Wildman–Crippen LogP) is 3.80. The highest BCUT2D eigenvalue weighted by Crippen LogP contribution is 2.23. The van der Waals surface area contributed by atoms with E-state index in [9.17, 15) is 14.4 Å². The van der Waals surface area contributed by atoms with Crippen LogP contribution in [0.15, 0.2) is 66.7 Å². The first-order valence-electron chi connectivity index (χ1n) is 7.66. The number of hydrogen-bond donors (Lipinski definition) is 1. The van der Waals surface area contributed by atoms with Gasteiger partial charge in [0, 0.05) is 23.6 Å². The van der Waals surface area contributed by atoms with E-state index in [2.05, 4.69) is 10.1 Å². The Balaban J connectivity index is 1.86. The molecule has 5 nitrogen and oxygen atoms in total. The van der Waals surface area contributed by atoms with Gasteiger partial charge < -0.3 is 10.1 Å². The maximum Gasteiger partial charge on any atom is 0.345 e. The molecule has 0 aliphatic carbocycles. The van der Waals surface area contributed by atoms with Crippen molar-refractivity contribution < 1.29 is 19.1 Å². The zero-order chi connectivity index (χ0) is 17.8. The largest absolute Gasteiger partial charge is 0.390 e. The lowest BCUT2D eigenvalue weighted by atomic mass is 10.1. The molecule has 0 bridgehead atoms. The van der Waals surface area contributed by atoms with Gasteiger partial charge in [0.05, 0.1) is 5.56 Å². The molecular formula is C20H15NO4. The number of ether oxygens (including phenoxy) is 1. The number of hydrogen-bond acceptors (Lipinski definition) is 4. The number of esters is 2. The Labute approximate surface area is 144 Å². The predicted molar refractivity (Wildman–Crippen MR) is 94.4 cm³/mol. The Kier molecular flexibility index (Phi) is 4.57. The van der Waals surface area contributed by atoms with Crippen molar-refractivity contribution >= 4 is 34.3 Å². The molecule has 3 aromatic rings. The monoisotopic (exact) mass is 333 g/mol. The minimum absolute atomic E-state index is 0.140. The minimum Gasteiger partial charge on any atom is -0.390 e. The van der Waals surface area contributed by atoms with Gasteiger partial charge in [0.2, 0.25) is 0 Å². The normalized spacial score (nSPS) is 10.3. The highest BCUT2D eigenvalue weighted by molar-refractivity contribution is 6.10. The summed E-state index contributed by atoms with van der Waals surface area (Å²) in [4.78, 5) is 35.2. The summed E-state index contributed by atoms with van der Waals surface area (Å²) in [6.45, 7) is 1.15. The van der Waals surface area contributed by atoms with Gasteiger partial charge in [-0.2, -0.15) is 0 Å². The summed E-state index contributed by atoms with van der Waals surface area (Å²) in [7, 11) is 0. The van der Waals surface area contributed by atoms with E-state index in [1.165, 1.54) is 12.1 Å². The third-order valence-corrected chi connectivity index (χ3v) is 3.63. The molecule has 0 fully saturated rings. The van der Waals surface area contributed by atoms with Gasteiger partial charge in [-0.1, -0.05) is 42.5 Å². The van der Waals surface area contributed by atoms with E-state index in [1.807, 2.05) is 42.5 Å². The molecule has 1 N–H and O–H groups in total. The minimum atomic E-state index is -0.785. The number of amides is 1. The molecule has 0 aliphatic rings. The molecular weight excluding hydrogens is 318 g/mol. The summed E-state index contributed by atoms with van der Waals surface area (Å²) < 4.78 is 4.54. The zero-order valence-corrected chi connectivity index (χ0v) is 13.5. The molecule has 0 atom stereocenters. The van der Waals surface area contributed by atoms with Gasteiger partial charge in [-0.25, -0.2) is 4.79 Å². The van der Waals surface area contributed by atoms with E-state index in [4.69, 9.17) is 0 Å². The second kappa shape index (κ2) is 6.97. The Bertz CT molecular complexity index is 973. The number of anilines is 1. The van der Waals surface area contributed by atoms with E-state index in [0.717, 1.165) is 17.7 Å². The molecule has 0 saturated heterocycles. The van der Waals surface area contributed by atoms with Crippen LogP contribution in [0.4, 0.5) is 5.69 Å². The topological polar surface area (TPSA) is 72.5 Å². The lowest BCUT2D eigenvalue weighted by molar-refractivity contribution is -0.135. The van der Waals surface area contributed by atoms with E-state index in [0.29, 0.717) is 11.3 Å². The van der Waals surface area contributed by atoms with Gasteiger partial charge >= 0.3 is 11.9 Å². The maximum atomic E-state index is 12.5. The van der Waals surface area contributed by atoms with Crippen molar-refractivity contribution in [2.45, 2.75) is 6.92 Å². The molecule has 124 valence electrons. The smallest absolute Gasteiger partial charge is 0.345 e. The molecule has 0 aromatic heterocycles. The van der Waals surface area contributed by atoms with Crippen molar-refractivity contribution in [3.8, 4) is 0 Å². The molecule has 0 aliphatic heterocycles. The van der Waals surface area contributed by atoms with E-state index >= 15 is 0 Å². The van der Waals surface area contributed by atoms with Crippen molar-refractivity contribution in [2.24, 2.45) is 0 Å². The average Bonchev–Trinajstić information content (AvgIpc) is 2.61. The summed E-state index contributed by atoms with van der Waals surface area (Å²) in [6.07, 6.45) is 0. The number of benzene rings is 3. The second-order valence-corrected chi connectivity index (χ2v) is 5.44. The van der Waals surface area contributed by atoms with Crippen LogP contribution >= 0.6 is 0 Å². The molecule has 3 rings (SSSR count). The number of fused-ring (bicyclic) bond motifs is 1. The molecule has 0 unspecified atom stereocenters. The van der Waals surface area contributed by atoms with Gasteiger partial charge in [-0.05, 0) is 29.7 Å². The van der Waals surface area contributed by atoms with Crippen LogP contribution < -0.4 is 5.32 Å². The highest BCUT2D eigenvalue weighted by Gasteiger charge is 2.14. The maximum absolute atomic E-state index is 12.5. The summed E-state index contributed by atoms with van der Waals surface area (Å²) in [5.74, 6) is -1.84. The Hall–Kier alpha value is -3.47. The standard InChI is InChI=1S/C20H15NO4/c1-13(22)25-20(24)16-9-4-8-15(12-16)19(23)21-18-11-5-7-14-6-2-3-10-17(14)18/h2-12H,1H3,(H,21,23). The molecule has 0 heterocycles. The molecule has 0 spiro atoms. The summed E-state index contributed by atoms with van der Waals surface area (Å²) >= 11 is 0. The Morgan fingerprint density at radius 3 is 2.32 bits per heavy atom. The molecule has 0 saturated carbocycles. The highest BCUT2D eigenvalue weighted by atomic mass is 16.6. The van der Waals surface area contributed by atoms with Crippen LogP contribution in [0.3, 0.4) is 0 Å². The Morgan fingerprint density at radius 1 is 0.840 bits per heavy atom. The van der Waals surface area contributed by atoms with Gasteiger partial charge in [0.15, 0.2) is 0 Å². The first-order valence-corrected chi connectivity index (χ1v) is 7.66. The van der Waals surface area contributed by atoms with Crippen LogP contribution in [0.1, 0.15) is 27.6 Å². The summed E-state index contributed by atoms with van der Waals surface area (Å²) in [5.41, 5.74) is 1.12. The fourth-order valence-electron chi connectivity index (χ4n) is 2.51. The first kappa shape index (κ1) is 16.4. The molecule has 1 amide bonds. The lowest BCUT2D eigenvalue weighted by Crippen LogP contribution is -2.14. The molecule has 3 aromatic carbocycles. The summed E-state index contributed by atoms with van der Waals surface area (Å²) in [5, 5.41) is 4.78. The van der Waals surface area contributed by atoms with Crippen molar-refractivity contribution in [1.29, 1.82) is 0 Å². The Morgan fingerprint density at radius 2 is 1.52 bits per heavy atom. The number of rotatable bonds is 3. The number of nitrogens with one attached hydrogen (secondary N) is 1. The second-order valence-electron chi connectivity index (χ2n) is 5.44. The summed E-state index contributed by atoms with van der Waals surface area (Å²) in [6, 6.07) is 19.4. The fourth-order valence-corrected chi connectivity index (χ4v) is 2.51. The third-order valence-electron chi connectivity index (χ3n) is 3.63. The third kappa shape index (κ3) is 3.72. The van der Waals surface area contributed by atoms with Crippen LogP contribution in [0.5, 0.6) is 0 Å². The molecule has 5 heteroatoms. The van der Waals surface area contributed by atoms with Crippen LogP contribution in [0, 0.1) is 0 Å². The fraction of sp³-hybridized carbons (Fsp3) is 0.0500. The van der Waals surface area contributed by atoms with E-state index in [-0.39, 0.29) is 11.5 Å². The van der Waals surface area contributed by atoms with Crippen LogP contribution in [0.25, 0.3) is 10.8 Å². The van der Waals surface area contributed by atoms with Gasteiger partial charge in [0.25, 0.3) is 5.91 Å². The van der Waals surface area contributed by atoms with Crippen LogP contribution in [0.2, 0.25) is 0 Å². The SMILES string of the molecule is CC(=O)OC(=O)c1cccc(C(=O)Nc2cccc3ccccc23)c1. The average molecular weight is 333 g/mol. The van der Waals surface area contributed by atoms with Crippen LogP contribution in [-0.4, -0.2) is 17.8 Å². The zero-order valence-electron chi connectivity index (χ0n) is 13.5. The number of carbonyl (C=O) groups excluding carboxylic acids is 3. The van der Waals surface area contributed by atoms with Gasteiger partial charge in [-0.3, -0.25) is 9.59 Å². The quantitative estimate of drug-likeness (QED) is 0.584. The first-order chi connectivity index (χ1) is 12.0. The van der Waals surface area contributed by atoms with Crippen molar-refractivity contribution in [3.05, 3.63) is 77.9 Å².